The van der Waals surface area contributed by atoms with Crippen molar-refractivity contribution in [3.05, 3.63) is 52.3 Å². The number of halogens is 2. The lowest BCUT2D eigenvalue weighted by Crippen LogP contribution is -2.16. The number of benzene rings is 2. The second-order valence-electron chi connectivity index (χ2n) is 4.82. The zero-order chi connectivity index (χ0) is 16.5. The van der Waals surface area contributed by atoms with Crippen LogP contribution < -0.4 is 9.46 Å². The van der Waals surface area contributed by atoms with Crippen molar-refractivity contribution in [3.63, 3.8) is 0 Å². The summed E-state index contributed by atoms with van der Waals surface area (Å²) in [7, 11) is -2.67. The molecule has 2 aromatic rings. The molecular weight excluding hydrogens is 329 g/mol. The average molecular weight is 344 g/mol. The van der Waals surface area contributed by atoms with Gasteiger partial charge in [-0.2, -0.15) is 0 Å². The van der Waals surface area contributed by atoms with Gasteiger partial charge >= 0.3 is 0 Å². The van der Waals surface area contributed by atoms with Crippen LogP contribution in [-0.4, -0.2) is 15.5 Å². The molecule has 0 saturated heterocycles. The summed E-state index contributed by atoms with van der Waals surface area (Å²) in [6, 6.07) is 6.85. The van der Waals surface area contributed by atoms with Crippen LogP contribution in [0.2, 0.25) is 5.02 Å². The predicted octanol–water partition coefficient (Wildman–Crippen LogP) is 3.91. The first-order valence-electron chi connectivity index (χ1n) is 6.37. The van der Waals surface area contributed by atoms with E-state index in [1.54, 1.807) is 26.0 Å². The van der Waals surface area contributed by atoms with Crippen molar-refractivity contribution >= 4 is 27.3 Å². The normalized spacial score (nSPS) is 11.3. The summed E-state index contributed by atoms with van der Waals surface area (Å²) in [6.45, 7) is 3.45. The summed E-state index contributed by atoms with van der Waals surface area (Å²) in [5.41, 5.74) is 1.70. The van der Waals surface area contributed by atoms with E-state index in [4.69, 9.17) is 16.3 Å². The topological polar surface area (TPSA) is 55.4 Å². The van der Waals surface area contributed by atoms with Gasteiger partial charge in [0, 0.05) is 11.1 Å². The molecule has 0 amide bonds. The van der Waals surface area contributed by atoms with Crippen molar-refractivity contribution < 1.29 is 17.5 Å². The van der Waals surface area contributed by atoms with Crippen molar-refractivity contribution in [2.24, 2.45) is 0 Å². The Morgan fingerprint density at radius 1 is 1.14 bits per heavy atom. The predicted molar refractivity (Wildman–Crippen MR) is 84.7 cm³/mol. The Balaban J connectivity index is 2.45. The van der Waals surface area contributed by atoms with Crippen molar-refractivity contribution in [1.82, 2.24) is 0 Å². The van der Waals surface area contributed by atoms with Crippen LogP contribution in [0.25, 0.3) is 0 Å². The highest BCUT2D eigenvalue weighted by Crippen LogP contribution is 2.28. The summed E-state index contributed by atoms with van der Waals surface area (Å²) in [5, 5.41) is 0.508. The molecule has 0 saturated carbocycles. The number of hydrogen-bond donors (Lipinski definition) is 1. The number of methoxy groups -OCH3 is 1. The second-order valence-corrected chi connectivity index (χ2v) is 6.90. The van der Waals surface area contributed by atoms with E-state index in [0.717, 1.165) is 12.1 Å². The van der Waals surface area contributed by atoms with E-state index in [0.29, 0.717) is 21.8 Å². The van der Waals surface area contributed by atoms with Crippen molar-refractivity contribution in [2.75, 3.05) is 11.8 Å². The fourth-order valence-electron chi connectivity index (χ4n) is 2.09. The molecule has 0 aliphatic rings. The molecule has 0 aliphatic carbocycles. The van der Waals surface area contributed by atoms with Gasteiger partial charge in [-0.1, -0.05) is 11.6 Å². The third-order valence-electron chi connectivity index (χ3n) is 3.16. The molecule has 2 aromatic carbocycles. The van der Waals surface area contributed by atoms with E-state index >= 15 is 0 Å². The Bertz CT molecular complexity index is 799. The monoisotopic (exact) mass is 343 g/mol. The highest BCUT2D eigenvalue weighted by molar-refractivity contribution is 7.92. The fraction of sp³-hybridized carbons (Fsp3) is 0.200. The molecule has 0 atom stereocenters. The van der Waals surface area contributed by atoms with E-state index in [-0.39, 0.29) is 5.75 Å². The zero-order valence-corrected chi connectivity index (χ0v) is 13.8. The van der Waals surface area contributed by atoms with Gasteiger partial charge in [-0.15, -0.1) is 0 Å². The standard InChI is InChI=1S/C15H15ClFNO3S/c1-9-6-11(16)7-10(2)15(9)18-22(19,20)14-5-4-12(21-3)8-13(14)17/h4-8,18H,1-3H3. The molecule has 118 valence electrons. The van der Waals surface area contributed by atoms with Gasteiger partial charge in [-0.05, 0) is 49.2 Å². The van der Waals surface area contributed by atoms with Gasteiger partial charge in [0.15, 0.2) is 0 Å². The van der Waals surface area contributed by atoms with E-state index < -0.39 is 20.7 Å². The summed E-state index contributed by atoms with van der Waals surface area (Å²) in [6.07, 6.45) is 0. The van der Waals surface area contributed by atoms with Crippen molar-refractivity contribution in [3.8, 4) is 5.75 Å². The Labute approximate surface area is 133 Å². The van der Waals surface area contributed by atoms with Crippen LogP contribution in [0.15, 0.2) is 35.2 Å². The first kappa shape index (κ1) is 16.6. The molecule has 0 bridgehead atoms. The first-order valence-corrected chi connectivity index (χ1v) is 8.24. The minimum Gasteiger partial charge on any atom is -0.497 e. The van der Waals surface area contributed by atoms with Gasteiger partial charge in [0.05, 0.1) is 12.8 Å². The lowest BCUT2D eigenvalue weighted by atomic mass is 10.1. The molecule has 7 heteroatoms. The highest BCUT2D eigenvalue weighted by atomic mass is 35.5. The maximum Gasteiger partial charge on any atom is 0.264 e. The van der Waals surface area contributed by atoms with Gasteiger partial charge in [-0.3, -0.25) is 4.72 Å². The molecule has 0 spiro atoms. The summed E-state index contributed by atoms with van der Waals surface area (Å²) < 4.78 is 46.0. The van der Waals surface area contributed by atoms with E-state index in [2.05, 4.69) is 4.72 Å². The Morgan fingerprint density at radius 3 is 2.23 bits per heavy atom. The third kappa shape index (κ3) is 3.34. The van der Waals surface area contributed by atoms with Gasteiger partial charge in [0.2, 0.25) is 0 Å². The Morgan fingerprint density at radius 2 is 1.73 bits per heavy atom. The van der Waals surface area contributed by atoms with Crippen molar-refractivity contribution in [1.29, 1.82) is 0 Å². The molecule has 0 aliphatic heterocycles. The van der Waals surface area contributed by atoms with Crippen LogP contribution in [0.3, 0.4) is 0 Å². The van der Waals surface area contributed by atoms with Crippen LogP contribution in [-0.2, 0) is 10.0 Å². The van der Waals surface area contributed by atoms with Gasteiger partial charge in [-0.25, -0.2) is 12.8 Å². The molecule has 22 heavy (non-hydrogen) atoms. The minimum absolute atomic E-state index is 0.246. The number of nitrogens with one attached hydrogen (secondary N) is 1. The maximum atomic E-state index is 14.0. The first-order chi connectivity index (χ1) is 10.2. The number of anilines is 1. The number of hydrogen-bond acceptors (Lipinski definition) is 3. The number of ether oxygens (including phenoxy) is 1. The zero-order valence-electron chi connectivity index (χ0n) is 12.3. The van der Waals surface area contributed by atoms with Gasteiger partial charge in [0.25, 0.3) is 10.0 Å². The van der Waals surface area contributed by atoms with Crippen LogP contribution in [0.5, 0.6) is 5.75 Å². The molecule has 0 unspecified atom stereocenters. The van der Waals surface area contributed by atoms with Crippen molar-refractivity contribution in [2.45, 2.75) is 18.7 Å². The third-order valence-corrected chi connectivity index (χ3v) is 4.76. The summed E-state index contributed by atoms with van der Waals surface area (Å²) >= 11 is 5.92. The molecule has 2 rings (SSSR count). The lowest BCUT2D eigenvalue weighted by Gasteiger charge is -2.14. The molecule has 0 radical (unpaired) electrons. The lowest BCUT2D eigenvalue weighted by molar-refractivity contribution is 0.410. The maximum absolute atomic E-state index is 14.0. The van der Waals surface area contributed by atoms with Crippen LogP contribution in [0, 0.1) is 19.7 Å². The largest absolute Gasteiger partial charge is 0.497 e. The minimum atomic E-state index is -4.05. The quantitative estimate of drug-likeness (QED) is 0.915. The molecular formula is C15H15ClFNO3S. The number of aryl methyl sites for hydroxylation is 2. The van der Waals surface area contributed by atoms with Gasteiger partial charge in [0.1, 0.15) is 16.5 Å². The number of sulfonamides is 1. The van der Waals surface area contributed by atoms with E-state index in [9.17, 15) is 12.8 Å². The van der Waals surface area contributed by atoms with Crippen LogP contribution in [0.4, 0.5) is 10.1 Å². The Kier molecular flexibility index (Phi) is 4.63. The average Bonchev–Trinajstić information content (AvgIpc) is 2.42. The molecule has 4 nitrogen and oxygen atoms in total. The molecule has 1 N–H and O–H groups in total. The Hall–Kier alpha value is -1.79. The molecule has 0 aromatic heterocycles. The molecule has 0 fully saturated rings. The van der Waals surface area contributed by atoms with E-state index in [1.165, 1.54) is 13.2 Å². The summed E-state index contributed by atoms with van der Waals surface area (Å²) in [5.74, 6) is -0.633. The molecule has 0 heterocycles. The highest BCUT2D eigenvalue weighted by Gasteiger charge is 2.21. The van der Waals surface area contributed by atoms with E-state index in [1.807, 2.05) is 0 Å². The van der Waals surface area contributed by atoms with Crippen LogP contribution in [0.1, 0.15) is 11.1 Å². The van der Waals surface area contributed by atoms with Crippen LogP contribution >= 0.6 is 11.6 Å². The fourth-order valence-corrected chi connectivity index (χ4v) is 3.68. The SMILES string of the molecule is COc1ccc(S(=O)(=O)Nc2c(C)cc(Cl)cc2C)c(F)c1. The van der Waals surface area contributed by atoms with Gasteiger partial charge < -0.3 is 4.74 Å². The number of rotatable bonds is 4. The smallest absolute Gasteiger partial charge is 0.264 e. The second kappa shape index (κ2) is 6.14. The summed E-state index contributed by atoms with van der Waals surface area (Å²) in [4.78, 5) is -0.443.